The molecule has 22 heavy (non-hydrogen) atoms. The number of nitrogens with zero attached hydrogens (tertiary/aromatic N) is 2. The fourth-order valence-electron chi connectivity index (χ4n) is 1.94. The van der Waals surface area contributed by atoms with Crippen LogP contribution in [-0.2, 0) is 9.59 Å². The fourth-order valence-corrected chi connectivity index (χ4v) is 2.13. The number of nitrogens with one attached hydrogen (secondary N) is 2. The quantitative estimate of drug-likeness (QED) is 0.277. The lowest BCUT2D eigenvalue weighted by Crippen LogP contribution is -2.51. The van der Waals surface area contributed by atoms with Crippen molar-refractivity contribution in [2.75, 3.05) is 19.0 Å². The lowest BCUT2D eigenvalue weighted by atomic mass is 10.1. The molecule has 0 radical (unpaired) electrons. The summed E-state index contributed by atoms with van der Waals surface area (Å²) in [4.78, 5) is 35.8. The number of carbonyl (C=O) groups is 2. The van der Waals surface area contributed by atoms with Gasteiger partial charge in [-0.1, -0.05) is 0 Å². The Morgan fingerprint density at radius 1 is 1.23 bits per heavy atom. The van der Waals surface area contributed by atoms with Gasteiger partial charge in [0.1, 0.15) is 5.57 Å². The molecule has 0 unspecified atom stereocenters. The highest BCUT2D eigenvalue weighted by atomic mass is 32.1. The standard InChI is InChI=1S/C13H12N4O4S/c1-16(2)10-4-3-8(17(20)21)5-7(10)6-9-11(18)14-13(22)15-12(9)19/h3-6H,1-2H3,(H2,14,15,18,19,22). The molecule has 0 aliphatic carbocycles. The molecule has 2 amide bonds. The van der Waals surface area contributed by atoms with Crippen molar-refractivity contribution in [1.29, 1.82) is 0 Å². The summed E-state index contributed by atoms with van der Waals surface area (Å²) in [6.07, 6.45) is 1.30. The molecule has 114 valence electrons. The first kappa shape index (κ1) is 15.6. The number of non-ortho nitro benzene ring substituents is 1. The van der Waals surface area contributed by atoms with Crippen LogP contribution in [0.4, 0.5) is 11.4 Å². The summed E-state index contributed by atoms with van der Waals surface area (Å²) in [7, 11) is 3.50. The lowest BCUT2D eigenvalue weighted by Gasteiger charge is -2.18. The second-order valence-electron chi connectivity index (χ2n) is 4.69. The summed E-state index contributed by atoms with van der Waals surface area (Å²) >= 11 is 4.71. The number of benzene rings is 1. The summed E-state index contributed by atoms with van der Waals surface area (Å²) in [6, 6.07) is 4.21. The molecule has 1 saturated heterocycles. The number of amides is 2. The highest BCUT2D eigenvalue weighted by Crippen LogP contribution is 2.26. The van der Waals surface area contributed by atoms with E-state index in [2.05, 4.69) is 10.6 Å². The van der Waals surface area contributed by atoms with Crippen molar-refractivity contribution in [3.8, 4) is 0 Å². The van der Waals surface area contributed by atoms with Gasteiger partial charge in [0.2, 0.25) is 0 Å². The Balaban J connectivity index is 2.55. The number of hydrogen-bond acceptors (Lipinski definition) is 6. The van der Waals surface area contributed by atoms with E-state index in [0.29, 0.717) is 11.3 Å². The van der Waals surface area contributed by atoms with Gasteiger partial charge in [-0.05, 0) is 24.4 Å². The van der Waals surface area contributed by atoms with Gasteiger partial charge < -0.3 is 4.90 Å². The zero-order chi connectivity index (χ0) is 16.4. The topological polar surface area (TPSA) is 105 Å². The third-order valence-electron chi connectivity index (χ3n) is 2.95. The summed E-state index contributed by atoms with van der Waals surface area (Å²) in [5.41, 5.74) is 0.709. The van der Waals surface area contributed by atoms with Crippen molar-refractivity contribution in [2.45, 2.75) is 0 Å². The van der Waals surface area contributed by atoms with Crippen molar-refractivity contribution in [3.05, 3.63) is 39.4 Å². The monoisotopic (exact) mass is 320 g/mol. The Labute approximate surface area is 130 Å². The van der Waals surface area contributed by atoms with Crippen molar-refractivity contribution in [3.63, 3.8) is 0 Å². The van der Waals surface area contributed by atoms with E-state index in [0.717, 1.165) is 0 Å². The maximum atomic E-state index is 11.8. The van der Waals surface area contributed by atoms with Crippen molar-refractivity contribution in [2.24, 2.45) is 0 Å². The van der Waals surface area contributed by atoms with Crippen molar-refractivity contribution < 1.29 is 14.5 Å². The minimum Gasteiger partial charge on any atom is -0.377 e. The van der Waals surface area contributed by atoms with Gasteiger partial charge in [0.15, 0.2) is 5.11 Å². The zero-order valence-corrected chi connectivity index (χ0v) is 12.6. The molecule has 0 spiro atoms. The van der Waals surface area contributed by atoms with Gasteiger partial charge in [-0.25, -0.2) is 0 Å². The summed E-state index contributed by atoms with van der Waals surface area (Å²) in [6.45, 7) is 0. The van der Waals surface area contributed by atoms with E-state index >= 15 is 0 Å². The van der Waals surface area contributed by atoms with Gasteiger partial charge >= 0.3 is 0 Å². The largest absolute Gasteiger partial charge is 0.377 e. The molecule has 1 heterocycles. The summed E-state index contributed by atoms with van der Waals surface area (Å²) in [5.74, 6) is -1.30. The first-order valence-corrected chi connectivity index (χ1v) is 6.54. The van der Waals surface area contributed by atoms with Crippen LogP contribution in [0.3, 0.4) is 0 Å². The zero-order valence-electron chi connectivity index (χ0n) is 11.7. The van der Waals surface area contributed by atoms with Crippen LogP contribution >= 0.6 is 12.2 Å². The van der Waals surface area contributed by atoms with Gasteiger partial charge in [-0.3, -0.25) is 30.3 Å². The molecule has 0 aromatic heterocycles. The molecule has 1 aromatic rings. The molecule has 1 aliphatic rings. The van der Waals surface area contributed by atoms with E-state index in [9.17, 15) is 19.7 Å². The second-order valence-corrected chi connectivity index (χ2v) is 5.10. The Morgan fingerprint density at radius 3 is 2.32 bits per heavy atom. The second kappa shape index (κ2) is 5.90. The first-order chi connectivity index (χ1) is 10.3. The van der Waals surface area contributed by atoms with Crippen LogP contribution in [0.15, 0.2) is 23.8 Å². The third-order valence-corrected chi connectivity index (χ3v) is 3.15. The molecular formula is C13H12N4O4S. The van der Waals surface area contributed by atoms with E-state index in [-0.39, 0.29) is 16.4 Å². The SMILES string of the molecule is CN(C)c1ccc([N+](=O)[O-])cc1C=C1C(=O)NC(=S)NC1=O. The average Bonchev–Trinajstić information content (AvgIpc) is 2.42. The Bertz CT molecular complexity index is 705. The number of nitro groups is 1. The highest BCUT2D eigenvalue weighted by molar-refractivity contribution is 7.80. The smallest absolute Gasteiger partial charge is 0.270 e. The number of hydrogen-bond donors (Lipinski definition) is 2. The number of rotatable bonds is 3. The van der Waals surface area contributed by atoms with Crippen LogP contribution in [0.5, 0.6) is 0 Å². The molecule has 1 fully saturated rings. The number of anilines is 1. The fraction of sp³-hybridized carbons (Fsp3) is 0.154. The first-order valence-electron chi connectivity index (χ1n) is 6.13. The van der Waals surface area contributed by atoms with E-state index in [4.69, 9.17) is 12.2 Å². The van der Waals surface area contributed by atoms with Crippen LogP contribution in [0.25, 0.3) is 6.08 Å². The molecule has 2 rings (SSSR count). The van der Waals surface area contributed by atoms with Crippen LogP contribution in [-0.4, -0.2) is 35.9 Å². The van der Waals surface area contributed by atoms with Crippen LogP contribution in [0, 0.1) is 10.1 Å². The Kier molecular flexibility index (Phi) is 4.18. The average molecular weight is 320 g/mol. The third kappa shape index (κ3) is 3.09. The van der Waals surface area contributed by atoms with Crippen LogP contribution < -0.4 is 15.5 Å². The Morgan fingerprint density at radius 2 is 1.82 bits per heavy atom. The van der Waals surface area contributed by atoms with Gasteiger partial charge in [-0.15, -0.1) is 0 Å². The van der Waals surface area contributed by atoms with Gasteiger partial charge in [0.25, 0.3) is 17.5 Å². The van der Waals surface area contributed by atoms with E-state index in [1.165, 1.54) is 18.2 Å². The molecule has 8 nitrogen and oxygen atoms in total. The summed E-state index contributed by atoms with van der Waals surface area (Å²) in [5, 5.41) is 15.4. The van der Waals surface area contributed by atoms with Gasteiger partial charge in [0.05, 0.1) is 4.92 Å². The molecule has 1 aromatic carbocycles. The van der Waals surface area contributed by atoms with Crippen molar-refractivity contribution >= 4 is 46.6 Å². The number of thiocarbonyl (C=S) groups is 1. The van der Waals surface area contributed by atoms with Gasteiger partial charge in [-0.2, -0.15) is 0 Å². The predicted octanol–water partition coefficient (Wildman–Crippen LogP) is 0.575. The van der Waals surface area contributed by atoms with E-state index < -0.39 is 16.7 Å². The predicted molar refractivity (Wildman–Crippen MR) is 84.3 cm³/mol. The Hall–Kier alpha value is -2.81. The maximum Gasteiger partial charge on any atom is 0.270 e. The molecule has 9 heteroatoms. The van der Waals surface area contributed by atoms with Crippen LogP contribution in [0.2, 0.25) is 0 Å². The molecular weight excluding hydrogens is 308 g/mol. The summed E-state index contributed by atoms with van der Waals surface area (Å²) < 4.78 is 0. The normalized spacial score (nSPS) is 14.3. The molecule has 2 N–H and O–H groups in total. The van der Waals surface area contributed by atoms with E-state index in [1.807, 2.05) is 0 Å². The van der Waals surface area contributed by atoms with Crippen molar-refractivity contribution in [1.82, 2.24) is 10.6 Å². The minimum atomic E-state index is -0.648. The lowest BCUT2D eigenvalue weighted by molar-refractivity contribution is -0.384. The molecule has 0 bridgehead atoms. The maximum absolute atomic E-state index is 11.8. The minimum absolute atomic E-state index is 0.0703. The molecule has 0 atom stereocenters. The molecule has 1 aliphatic heterocycles. The number of nitro benzene ring substituents is 1. The van der Waals surface area contributed by atoms with Crippen LogP contribution in [0.1, 0.15) is 5.56 Å². The number of carbonyl (C=O) groups excluding carboxylic acids is 2. The van der Waals surface area contributed by atoms with Gasteiger partial charge in [0, 0.05) is 37.5 Å². The highest BCUT2D eigenvalue weighted by Gasteiger charge is 2.26. The molecule has 0 saturated carbocycles. The van der Waals surface area contributed by atoms with E-state index in [1.54, 1.807) is 25.1 Å².